The van der Waals surface area contributed by atoms with Gasteiger partial charge in [0.2, 0.25) is 0 Å². The van der Waals surface area contributed by atoms with Gasteiger partial charge < -0.3 is 19.2 Å². The van der Waals surface area contributed by atoms with Crippen LogP contribution in [-0.2, 0) is 12.8 Å². The van der Waals surface area contributed by atoms with Gasteiger partial charge in [0.15, 0.2) is 0 Å². The molecule has 1 aromatic carbocycles. The summed E-state index contributed by atoms with van der Waals surface area (Å²) in [5.41, 5.74) is 2.32. The predicted octanol–water partition coefficient (Wildman–Crippen LogP) is 2.90. The third-order valence-electron chi connectivity index (χ3n) is 5.56. The zero-order valence-electron chi connectivity index (χ0n) is 15.2. The fourth-order valence-corrected chi connectivity index (χ4v) is 4.22. The molecule has 1 aromatic heterocycles. The molecule has 1 aliphatic heterocycles. The summed E-state index contributed by atoms with van der Waals surface area (Å²) in [5.74, 6) is 0.633. The lowest BCUT2D eigenvalue weighted by Gasteiger charge is -2.23. The number of benzene rings is 1. The smallest absolute Gasteiger partial charge is 0.339 e. The Bertz CT molecular complexity index is 821. The van der Waals surface area contributed by atoms with Gasteiger partial charge in [-0.1, -0.05) is 12.8 Å². The van der Waals surface area contributed by atoms with Crippen molar-refractivity contribution in [1.82, 2.24) is 4.90 Å². The largest absolute Gasteiger partial charge is 0.491 e. The van der Waals surface area contributed by atoms with Crippen molar-refractivity contribution in [1.29, 1.82) is 0 Å². The molecule has 5 nitrogen and oxygen atoms in total. The topological polar surface area (TPSA) is 62.9 Å². The van der Waals surface area contributed by atoms with Crippen LogP contribution in [0, 0.1) is 0 Å². The fraction of sp³-hybridized carbons (Fsp3) is 0.571. The number of aliphatic hydroxyl groups excluding tert-OH is 1. The van der Waals surface area contributed by atoms with E-state index in [0.717, 1.165) is 48.9 Å². The van der Waals surface area contributed by atoms with Crippen LogP contribution in [0.3, 0.4) is 0 Å². The molecule has 140 valence electrons. The van der Waals surface area contributed by atoms with Crippen molar-refractivity contribution >= 4 is 11.0 Å². The summed E-state index contributed by atoms with van der Waals surface area (Å²) in [4.78, 5) is 14.4. The van der Waals surface area contributed by atoms with Gasteiger partial charge in [-0.3, -0.25) is 0 Å². The van der Waals surface area contributed by atoms with E-state index in [9.17, 15) is 9.90 Å². The maximum atomic E-state index is 12.1. The molecule has 2 aromatic rings. The molecule has 0 saturated carbocycles. The molecule has 5 heteroatoms. The van der Waals surface area contributed by atoms with E-state index in [2.05, 4.69) is 4.90 Å². The molecule has 1 saturated heterocycles. The Labute approximate surface area is 153 Å². The Hall–Kier alpha value is -1.85. The quantitative estimate of drug-likeness (QED) is 0.834. The molecule has 0 radical (unpaired) electrons. The highest BCUT2D eigenvalue weighted by molar-refractivity contribution is 5.83. The van der Waals surface area contributed by atoms with Gasteiger partial charge in [0.05, 0.1) is 0 Å². The third-order valence-corrected chi connectivity index (χ3v) is 5.56. The summed E-state index contributed by atoms with van der Waals surface area (Å²) in [6, 6.07) is 5.65. The number of aryl methyl sites for hydroxylation is 1. The molecule has 1 aliphatic carbocycles. The monoisotopic (exact) mass is 357 g/mol. The fourth-order valence-electron chi connectivity index (χ4n) is 4.22. The van der Waals surface area contributed by atoms with Crippen LogP contribution < -0.4 is 10.4 Å². The molecule has 1 fully saturated rings. The summed E-state index contributed by atoms with van der Waals surface area (Å²) in [6.07, 6.45) is 7.24. The first-order valence-corrected chi connectivity index (χ1v) is 9.82. The minimum Gasteiger partial charge on any atom is -0.491 e. The SMILES string of the molecule is O=c1oc2cc(OC[C@H](O)CN3CCCCCC3)ccc2c2c1CCC2. The maximum absolute atomic E-state index is 12.1. The molecule has 0 unspecified atom stereocenters. The second-order valence-corrected chi connectivity index (χ2v) is 7.54. The van der Waals surface area contributed by atoms with E-state index in [1.807, 2.05) is 12.1 Å². The van der Waals surface area contributed by atoms with E-state index >= 15 is 0 Å². The van der Waals surface area contributed by atoms with Gasteiger partial charge in [0.1, 0.15) is 24.0 Å². The first-order valence-electron chi connectivity index (χ1n) is 9.82. The van der Waals surface area contributed by atoms with Crippen molar-refractivity contribution in [3.05, 3.63) is 39.7 Å². The molecule has 0 amide bonds. The number of hydrogen-bond acceptors (Lipinski definition) is 5. The number of ether oxygens (including phenoxy) is 1. The second-order valence-electron chi connectivity index (χ2n) is 7.54. The van der Waals surface area contributed by atoms with Crippen LogP contribution in [0.15, 0.2) is 27.4 Å². The minimum atomic E-state index is -0.518. The zero-order valence-corrected chi connectivity index (χ0v) is 15.2. The van der Waals surface area contributed by atoms with Crippen molar-refractivity contribution in [3.63, 3.8) is 0 Å². The van der Waals surface area contributed by atoms with Crippen molar-refractivity contribution in [2.24, 2.45) is 0 Å². The average molecular weight is 357 g/mol. The van der Waals surface area contributed by atoms with Crippen LogP contribution in [0.5, 0.6) is 5.75 Å². The number of nitrogens with zero attached hydrogens (tertiary/aromatic N) is 1. The van der Waals surface area contributed by atoms with E-state index in [1.165, 1.54) is 25.7 Å². The highest BCUT2D eigenvalue weighted by Gasteiger charge is 2.20. The number of β-amino-alcohol motifs (C(OH)–C–C–N with tert-alkyl or cyclic N) is 1. The molecule has 26 heavy (non-hydrogen) atoms. The third kappa shape index (κ3) is 3.79. The highest BCUT2D eigenvalue weighted by atomic mass is 16.5. The Morgan fingerprint density at radius 1 is 1.08 bits per heavy atom. The Morgan fingerprint density at radius 3 is 2.65 bits per heavy atom. The first kappa shape index (κ1) is 17.6. The van der Waals surface area contributed by atoms with Gasteiger partial charge in [-0.25, -0.2) is 4.79 Å². The van der Waals surface area contributed by atoms with Gasteiger partial charge in [0, 0.05) is 23.6 Å². The lowest BCUT2D eigenvalue weighted by atomic mass is 10.1. The molecule has 2 heterocycles. The van der Waals surface area contributed by atoms with Crippen LogP contribution in [0.4, 0.5) is 0 Å². The number of aliphatic hydroxyl groups is 1. The van der Waals surface area contributed by atoms with Crippen molar-refractivity contribution in [3.8, 4) is 5.75 Å². The summed E-state index contributed by atoms with van der Waals surface area (Å²) < 4.78 is 11.3. The van der Waals surface area contributed by atoms with Crippen molar-refractivity contribution < 1.29 is 14.3 Å². The lowest BCUT2D eigenvalue weighted by molar-refractivity contribution is 0.0694. The Balaban J connectivity index is 1.41. The molecular formula is C21H27NO4. The molecule has 0 spiro atoms. The summed E-state index contributed by atoms with van der Waals surface area (Å²) in [6.45, 7) is 3.01. The van der Waals surface area contributed by atoms with E-state index in [1.54, 1.807) is 6.07 Å². The Morgan fingerprint density at radius 2 is 1.85 bits per heavy atom. The minimum absolute atomic E-state index is 0.219. The van der Waals surface area contributed by atoms with Gasteiger partial charge in [-0.15, -0.1) is 0 Å². The van der Waals surface area contributed by atoms with Crippen molar-refractivity contribution in [2.75, 3.05) is 26.2 Å². The van der Waals surface area contributed by atoms with E-state index < -0.39 is 6.10 Å². The molecule has 0 bridgehead atoms. The predicted molar refractivity (Wildman–Crippen MR) is 101 cm³/mol. The van der Waals surface area contributed by atoms with Crippen LogP contribution in [-0.4, -0.2) is 42.4 Å². The molecular weight excluding hydrogens is 330 g/mol. The van der Waals surface area contributed by atoms with Crippen molar-refractivity contribution in [2.45, 2.75) is 51.0 Å². The Kier molecular flexibility index (Phi) is 5.27. The molecule has 2 aliphatic rings. The summed E-state index contributed by atoms with van der Waals surface area (Å²) in [5, 5.41) is 11.3. The summed E-state index contributed by atoms with van der Waals surface area (Å²) >= 11 is 0. The molecule has 1 atom stereocenters. The van der Waals surface area contributed by atoms with E-state index in [4.69, 9.17) is 9.15 Å². The number of likely N-dealkylation sites (tertiary alicyclic amines) is 1. The summed E-state index contributed by atoms with van der Waals surface area (Å²) in [7, 11) is 0. The number of fused-ring (bicyclic) bond motifs is 3. The normalized spacial score (nSPS) is 19.3. The molecule has 1 N–H and O–H groups in total. The van der Waals surface area contributed by atoms with Crippen LogP contribution in [0.2, 0.25) is 0 Å². The van der Waals surface area contributed by atoms with Crippen LogP contribution in [0.25, 0.3) is 11.0 Å². The molecule has 4 rings (SSSR count). The van der Waals surface area contributed by atoms with Gasteiger partial charge in [0.25, 0.3) is 0 Å². The second kappa shape index (κ2) is 7.80. The van der Waals surface area contributed by atoms with Gasteiger partial charge in [-0.2, -0.15) is 0 Å². The van der Waals surface area contributed by atoms with Gasteiger partial charge >= 0.3 is 5.63 Å². The average Bonchev–Trinajstić information content (AvgIpc) is 3.00. The standard InChI is InChI=1S/C21H27NO4/c23-15(13-22-10-3-1-2-4-11-22)14-25-16-8-9-18-17-6-5-7-19(17)21(24)26-20(18)12-16/h8-9,12,15,23H,1-7,10-11,13-14H2/t15-/m1/s1. The van der Waals surface area contributed by atoms with Crippen LogP contribution >= 0.6 is 0 Å². The number of hydrogen-bond donors (Lipinski definition) is 1. The van der Waals surface area contributed by atoms with E-state index in [0.29, 0.717) is 17.9 Å². The van der Waals surface area contributed by atoms with Gasteiger partial charge in [-0.05, 0) is 62.9 Å². The van der Waals surface area contributed by atoms with E-state index in [-0.39, 0.29) is 12.2 Å². The zero-order chi connectivity index (χ0) is 17.9. The first-order chi connectivity index (χ1) is 12.7. The maximum Gasteiger partial charge on any atom is 0.339 e. The van der Waals surface area contributed by atoms with Crippen LogP contribution in [0.1, 0.15) is 43.2 Å². The highest BCUT2D eigenvalue weighted by Crippen LogP contribution is 2.29. The lowest BCUT2D eigenvalue weighted by Crippen LogP contribution is -2.36. The number of rotatable bonds is 5.